The maximum Gasteiger partial charge on any atom is 0.310 e. The quantitative estimate of drug-likeness (QED) is 0.576. The van der Waals surface area contributed by atoms with Gasteiger partial charge in [-0.25, -0.2) is 8.42 Å². The average molecular weight is 363 g/mol. The summed E-state index contributed by atoms with van der Waals surface area (Å²) in [5.41, 5.74) is 0.187. The summed E-state index contributed by atoms with van der Waals surface area (Å²) in [6.07, 6.45) is 0.974. The summed E-state index contributed by atoms with van der Waals surface area (Å²) in [5.74, 6) is -0.263. The summed E-state index contributed by atoms with van der Waals surface area (Å²) >= 11 is 0. The molecule has 2 aromatic rings. The highest BCUT2D eigenvalue weighted by molar-refractivity contribution is 7.90. The number of rotatable bonds is 7. The lowest BCUT2D eigenvalue weighted by molar-refractivity contribution is -0.386. The van der Waals surface area contributed by atoms with E-state index in [9.17, 15) is 23.3 Å². The summed E-state index contributed by atoms with van der Waals surface area (Å²) < 4.78 is 23.4. The molecule has 2 N–H and O–H groups in total. The molecule has 0 heterocycles. The minimum Gasteiger partial charge on any atom is -0.379 e. The lowest BCUT2D eigenvalue weighted by Gasteiger charge is -2.10. The molecule has 0 radical (unpaired) electrons. The first-order chi connectivity index (χ1) is 11.8. The second-order valence-corrected chi connectivity index (χ2v) is 7.26. The van der Waals surface area contributed by atoms with Gasteiger partial charge in [-0.2, -0.15) is 0 Å². The zero-order chi connectivity index (χ0) is 18.4. The van der Waals surface area contributed by atoms with Crippen LogP contribution in [0.1, 0.15) is 6.42 Å². The van der Waals surface area contributed by atoms with E-state index in [4.69, 9.17) is 0 Å². The van der Waals surface area contributed by atoms with E-state index in [-0.39, 0.29) is 29.5 Å². The Balaban J connectivity index is 2.06. The van der Waals surface area contributed by atoms with Gasteiger partial charge in [-0.05, 0) is 24.3 Å². The Bertz CT molecular complexity index is 882. The lowest BCUT2D eigenvalue weighted by atomic mass is 10.2. The molecule has 0 atom stereocenters. The van der Waals surface area contributed by atoms with Gasteiger partial charge in [-0.15, -0.1) is 0 Å². The summed E-state index contributed by atoms with van der Waals surface area (Å²) in [7, 11) is -3.74. The summed E-state index contributed by atoms with van der Waals surface area (Å²) in [6.45, 7) is 0.118. The van der Waals surface area contributed by atoms with Crippen LogP contribution in [-0.2, 0) is 14.6 Å². The number of nitrogens with zero attached hydrogens (tertiary/aromatic N) is 1. The standard InChI is InChI=1S/C16H17N3O5S/c1-25(23,24)14-9-5-8-13(16(14)19(21)22)17-11-10-15(20)18-12-6-3-2-4-7-12/h2-9,17H,10-11H2,1H3,(H,18,20). The first-order valence-electron chi connectivity index (χ1n) is 7.35. The van der Waals surface area contributed by atoms with E-state index < -0.39 is 20.4 Å². The number of hydrogen-bond donors (Lipinski definition) is 2. The minimum absolute atomic E-state index is 0.0560. The van der Waals surface area contributed by atoms with E-state index in [0.717, 1.165) is 6.26 Å². The fourth-order valence-electron chi connectivity index (χ4n) is 2.21. The van der Waals surface area contributed by atoms with Crippen LogP contribution >= 0.6 is 0 Å². The second kappa shape index (κ2) is 7.75. The highest BCUT2D eigenvalue weighted by atomic mass is 32.2. The number of carbonyl (C=O) groups excluding carboxylic acids is 1. The largest absolute Gasteiger partial charge is 0.379 e. The molecule has 0 aliphatic rings. The van der Waals surface area contributed by atoms with Gasteiger partial charge < -0.3 is 10.6 Å². The van der Waals surface area contributed by atoms with Crippen molar-refractivity contribution in [2.24, 2.45) is 0 Å². The van der Waals surface area contributed by atoms with Crippen LogP contribution in [0.2, 0.25) is 0 Å². The molecule has 2 aromatic carbocycles. The van der Waals surface area contributed by atoms with Gasteiger partial charge in [-0.3, -0.25) is 14.9 Å². The van der Waals surface area contributed by atoms with Crippen LogP contribution in [0.4, 0.5) is 17.1 Å². The highest BCUT2D eigenvalue weighted by Crippen LogP contribution is 2.31. The number of sulfone groups is 1. The molecular formula is C16H17N3O5S. The Morgan fingerprint density at radius 3 is 2.40 bits per heavy atom. The fourth-order valence-corrected chi connectivity index (χ4v) is 3.07. The molecule has 0 spiro atoms. The van der Waals surface area contributed by atoms with Crippen molar-refractivity contribution in [3.8, 4) is 0 Å². The molecule has 0 unspecified atom stereocenters. The Kier molecular flexibility index (Phi) is 5.71. The Morgan fingerprint density at radius 2 is 1.80 bits per heavy atom. The number of carbonyl (C=O) groups is 1. The minimum atomic E-state index is -3.74. The molecule has 0 aromatic heterocycles. The van der Waals surface area contributed by atoms with Gasteiger partial charge in [0.25, 0.3) is 0 Å². The summed E-state index contributed by atoms with van der Waals surface area (Å²) in [5, 5.41) is 16.7. The molecule has 9 heteroatoms. The number of anilines is 2. The first kappa shape index (κ1) is 18.4. The maximum absolute atomic E-state index is 11.9. The lowest BCUT2D eigenvalue weighted by Crippen LogP contribution is -2.17. The smallest absolute Gasteiger partial charge is 0.310 e. The van der Waals surface area contributed by atoms with Crippen LogP contribution in [0.5, 0.6) is 0 Å². The number of nitro groups is 1. The zero-order valence-electron chi connectivity index (χ0n) is 13.4. The van der Waals surface area contributed by atoms with E-state index in [1.54, 1.807) is 24.3 Å². The van der Waals surface area contributed by atoms with Gasteiger partial charge in [0.2, 0.25) is 5.91 Å². The van der Waals surface area contributed by atoms with Crippen molar-refractivity contribution < 1.29 is 18.1 Å². The van der Waals surface area contributed by atoms with Gasteiger partial charge in [0.1, 0.15) is 10.6 Å². The third-order valence-electron chi connectivity index (χ3n) is 3.31. The molecule has 0 saturated carbocycles. The number of nitrogens with one attached hydrogen (secondary N) is 2. The van der Waals surface area contributed by atoms with Gasteiger partial charge in [0.15, 0.2) is 9.84 Å². The normalized spacial score (nSPS) is 10.9. The van der Waals surface area contributed by atoms with E-state index in [2.05, 4.69) is 10.6 Å². The van der Waals surface area contributed by atoms with Crippen LogP contribution in [0.25, 0.3) is 0 Å². The molecule has 1 amide bonds. The zero-order valence-corrected chi connectivity index (χ0v) is 14.2. The van der Waals surface area contributed by atoms with E-state index >= 15 is 0 Å². The third-order valence-corrected chi connectivity index (χ3v) is 4.43. The average Bonchev–Trinajstić information content (AvgIpc) is 2.54. The Morgan fingerprint density at radius 1 is 1.12 bits per heavy atom. The monoisotopic (exact) mass is 363 g/mol. The van der Waals surface area contributed by atoms with Crippen molar-refractivity contribution in [1.29, 1.82) is 0 Å². The Hall–Kier alpha value is -2.94. The number of amides is 1. The number of hydrogen-bond acceptors (Lipinski definition) is 6. The summed E-state index contributed by atoms with van der Waals surface area (Å²) in [4.78, 5) is 22.0. The van der Waals surface area contributed by atoms with Gasteiger partial charge >= 0.3 is 5.69 Å². The van der Waals surface area contributed by atoms with Gasteiger partial charge in [0.05, 0.1) is 4.92 Å². The molecule has 8 nitrogen and oxygen atoms in total. The SMILES string of the molecule is CS(=O)(=O)c1cccc(NCCC(=O)Nc2ccccc2)c1[N+](=O)[O-]. The van der Waals surface area contributed by atoms with Crippen molar-refractivity contribution >= 4 is 32.8 Å². The fraction of sp³-hybridized carbons (Fsp3) is 0.188. The number of benzene rings is 2. The molecule has 0 fully saturated rings. The van der Waals surface area contributed by atoms with Gasteiger partial charge in [0, 0.05) is 24.9 Å². The second-order valence-electron chi connectivity index (χ2n) is 5.27. The molecule has 25 heavy (non-hydrogen) atoms. The third kappa shape index (κ3) is 5.01. The topological polar surface area (TPSA) is 118 Å². The number of nitro benzene ring substituents is 1. The van der Waals surface area contributed by atoms with Crippen molar-refractivity contribution in [1.82, 2.24) is 0 Å². The van der Waals surface area contributed by atoms with Gasteiger partial charge in [-0.1, -0.05) is 24.3 Å². The van der Waals surface area contributed by atoms with Crippen molar-refractivity contribution in [2.75, 3.05) is 23.4 Å². The van der Waals surface area contributed by atoms with Crippen LogP contribution in [-0.4, -0.2) is 32.0 Å². The van der Waals surface area contributed by atoms with Crippen LogP contribution in [0, 0.1) is 10.1 Å². The molecular weight excluding hydrogens is 346 g/mol. The maximum atomic E-state index is 11.9. The van der Waals surface area contributed by atoms with E-state index in [1.165, 1.54) is 18.2 Å². The van der Waals surface area contributed by atoms with Crippen molar-refractivity contribution in [2.45, 2.75) is 11.3 Å². The molecule has 132 valence electrons. The first-order valence-corrected chi connectivity index (χ1v) is 9.24. The Labute approximate surface area is 144 Å². The predicted octanol–water partition coefficient (Wildman–Crippen LogP) is 2.44. The predicted molar refractivity (Wildman–Crippen MR) is 94.4 cm³/mol. The van der Waals surface area contributed by atoms with Crippen LogP contribution in [0.3, 0.4) is 0 Å². The number of para-hydroxylation sites is 2. The highest BCUT2D eigenvalue weighted by Gasteiger charge is 2.25. The molecule has 0 aliphatic carbocycles. The van der Waals surface area contributed by atoms with E-state index in [1.807, 2.05) is 6.07 Å². The van der Waals surface area contributed by atoms with Crippen LogP contribution < -0.4 is 10.6 Å². The van der Waals surface area contributed by atoms with Crippen LogP contribution in [0.15, 0.2) is 53.4 Å². The molecule has 0 saturated heterocycles. The molecule has 2 rings (SSSR count). The van der Waals surface area contributed by atoms with Crippen molar-refractivity contribution in [3.05, 3.63) is 58.6 Å². The molecule has 0 bridgehead atoms. The van der Waals surface area contributed by atoms with Crippen molar-refractivity contribution in [3.63, 3.8) is 0 Å². The van der Waals surface area contributed by atoms with E-state index in [0.29, 0.717) is 5.69 Å². The molecule has 0 aliphatic heterocycles. The summed E-state index contributed by atoms with van der Waals surface area (Å²) in [6, 6.07) is 12.9.